The number of aromatic nitrogens is 4. The van der Waals surface area contributed by atoms with E-state index < -0.39 is 0 Å². The van der Waals surface area contributed by atoms with E-state index >= 15 is 0 Å². The molecule has 0 atom stereocenters. The zero-order valence-corrected chi connectivity index (χ0v) is 16.3. The molecule has 0 bridgehead atoms. The topological polar surface area (TPSA) is 102 Å². The number of benzene rings is 1. The van der Waals surface area contributed by atoms with Crippen molar-refractivity contribution in [1.29, 1.82) is 0 Å². The van der Waals surface area contributed by atoms with Crippen molar-refractivity contribution in [3.8, 4) is 28.8 Å². The average Bonchev–Trinajstić information content (AvgIpc) is 2.76. The van der Waals surface area contributed by atoms with Gasteiger partial charge in [-0.25, -0.2) is 15.0 Å². The van der Waals surface area contributed by atoms with E-state index in [0.29, 0.717) is 23.0 Å². The SMILES string of the molecule is COc1cccc(Oc2ncc(-c3cncc(NC4CN(C=CC=O)C4)n3)cn2)c1. The fraction of sp³-hybridized carbons (Fsp3) is 0.190. The normalized spacial score (nSPS) is 13.7. The molecular formula is C21H20N6O3. The molecule has 30 heavy (non-hydrogen) atoms. The molecule has 3 heterocycles. The van der Waals surface area contributed by atoms with Crippen LogP contribution in [0.5, 0.6) is 17.5 Å². The highest BCUT2D eigenvalue weighted by molar-refractivity contribution is 5.64. The molecule has 1 fully saturated rings. The third-order valence-corrected chi connectivity index (χ3v) is 4.45. The Hall–Kier alpha value is -4.01. The Morgan fingerprint density at radius 3 is 2.70 bits per heavy atom. The maximum Gasteiger partial charge on any atom is 0.321 e. The van der Waals surface area contributed by atoms with Crippen LogP contribution in [0.3, 0.4) is 0 Å². The summed E-state index contributed by atoms with van der Waals surface area (Å²) in [6.07, 6.45) is 10.7. The van der Waals surface area contributed by atoms with Crippen molar-refractivity contribution in [2.75, 3.05) is 25.5 Å². The summed E-state index contributed by atoms with van der Waals surface area (Å²) in [5, 5.41) is 3.33. The van der Waals surface area contributed by atoms with E-state index in [1.165, 1.54) is 6.08 Å². The van der Waals surface area contributed by atoms with Gasteiger partial charge in [-0.1, -0.05) is 6.07 Å². The Bertz CT molecular complexity index is 1030. The molecule has 1 N–H and O–H groups in total. The number of likely N-dealkylation sites (tertiary alicyclic amines) is 1. The minimum Gasteiger partial charge on any atom is -0.497 e. The second-order valence-electron chi connectivity index (χ2n) is 6.60. The second kappa shape index (κ2) is 8.99. The van der Waals surface area contributed by atoms with Gasteiger partial charge in [0, 0.05) is 43.3 Å². The number of rotatable bonds is 8. The van der Waals surface area contributed by atoms with Crippen molar-refractivity contribution >= 4 is 12.1 Å². The first-order valence-corrected chi connectivity index (χ1v) is 9.32. The molecule has 0 unspecified atom stereocenters. The lowest BCUT2D eigenvalue weighted by Crippen LogP contribution is -2.52. The molecule has 0 aliphatic carbocycles. The lowest BCUT2D eigenvalue weighted by Gasteiger charge is -2.39. The van der Waals surface area contributed by atoms with Crippen LogP contribution in [0.25, 0.3) is 11.3 Å². The van der Waals surface area contributed by atoms with Crippen molar-refractivity contribution in [3.05, 3.63) is 61.3 Å². The molecule has 1 saturated heterocycles. The number of nitrogens with one attached hydrogen (secondary N) is 1. The predicted octanol–water partition coefficient (Wildman–Crippen LogP) is 2.54. The van der Waals surface area contributed by atoms with E-state index in [1.54, 1.807) is 50.2 Å². The van der Waals surface area contributed by atoms with Crippen LogP contribution in [0.1, 0.15) is 0 Å². The van der Waals surface area contributed by atoms with Crippen LogP contribution in [0, 0.1) is 0 Å². The third-order valence-electron chi connectivity index (χ3n) is 4.45. The molecule has 1 aliphatic heterocycles. The molecular weight excluding hydrogens is 384 g/mol. The molecule has 0 radical (unpaired) electrons. The van der Waals surface area contributed by atoms with E-state index in [0.717, 1.165) is 24.9 Å². The van der Waals surface area contributed by atoms with Crippen LogP contribution in [-0.2, 0) is 4.79 Å². The van der Waals surface area contributed by atoms with Crippen LogP contribution >= 0.6 is 0 Å². The van der Waals surface area contributed by atoms with Gasteiger partial charge in [0.25, 0.3) is 0 Å². The van der Waals surface area contributed by atoms with Crippen LogP contribution in [0.15, 0.2) is 61.3 Å². The van der Waals surface area contributed by atoms with Gasteiger partial charge in [-0.05, 0) is 18.2 Å². The van der Waals surface area contributed by atoms with Gasteiger partial charge >= 0.3 is 6.01 Å². The van der Waals surface area contributed by atoms with Gasteiger partial charge in [-0.3, -0.25) is 9.78 Å². The molecule has 3 aromatic rings. The number of aldehydes is 1. The number of carbonyl (C=O) groups is 1. The van der Waals surface area contributed by atoms with Gasteiger partial charge in [0.1, 0.15) is 23.6 Å². The van der Waals surface area contributed by atoms with Crippen LogP contribution in [0.2, 0.25) is 0 Å². The van der Waals surface area contributed by atoms with Gasteiger partial charge in [-0.2, -0.15) is 0 Å². The summed E-state index contributed by atoms with van der Waals surface area (Å²) in [4.78, 5) is 29.8. The summed E-state index contributed by atoms with van der Waals surface area (Å²) in [7, 11) is 1.60. The minimum atomic E-state index is 0.229. The van der Waals surface area contributed by atoms with Gasteiger partial charge in [-0.15, -0.1) is 0 Å². The summed E-state index contributed by atoms with van der Waals surface area (Å²) in [5.74, 6) is 1.96. The fourth-order valence-corrected chi connectivity index (χ4v) is 2.94. The van der Waals surface area contributed by atoms with Crippen molar-refractivity contribution in [1.82, 2.24) is 24.8 Å². The Labute approximate surface area is 173 Å². The number of methoxy groups -OCH3 is 1. The number of hydrogen-bond donors (Lipinski definition) is 1. The minimum absolute atomic E-state index is 0.229. The van der Waals surface area contributed by atoms with E-state index in [2.05, 4.69) is 25.3 Å². The summed E-state index contributed by atoms with van der Waals surface area (Å²) in [5.41, 5.74) is 1.39. The zero-order valence-electron chi connectivity index (χ0n) is 16.3. The van der Waals surface area contributed by atoms with Gasteiger partial charge in [0.2, 0.25) is 0 Å². The number of nitrogens with zero attached hydrogens (tertiary/aromatic N) is 5. The predicted molar refractivity (Wildman–Crippen MR) is 110 cm³/mol. The number of allylic oxidation sites excluding steroid dienone is 1. The van der Waals surface area contributed by atoms with E-state index in [-0.39, 0.29) is 12.1 Å². The Balaban J connectivity index is 1.39. The van der Waals surface area contributed by atoms with Crippen LogP contribution < -0.4 is 14.8 Å². The zero-order chi connectivity index (χ0) is 20.8. The van der Waals surface area contributed by atoms with Gasteiger partial charge in [0.15, 0.2) is 0 Å². The second-order valence-corrected chi connectivity index (χ2v) is 6.60. The molecule has 0 saturated carbocycles. The van der Waals surface area contributed by atoms with Crippen molar-refractivity contribution in [3.63, 3.8) is 0 Å². The smallest absolute Gasteiger partial charge is 0.321 e. The monoisotopic (exact) mass is 404 g/mol. The molecule has 0 spiro atoms. The van der Waals surface area contributed by atoms with Crippen molar-refractivity contribution in [2.45, 2.75) is 6.04 Å². The summed E-state index contributed by atoms with van der Waals surface area (Å²) in [6.45, 7) is 1.60. The first-order valence-electron chi connectivity index (χ1n) is 9.32. The molecule has 9 heteroatoms. The van der Waals surface area contributed by atoms with Crippen molar-refractivity contribution in [2.24, 2.45) is 0 Å². The summed E-state index contributed by atoms with van der Waals surface area (Å²) >= 11 is 0. The van der Waals surface area contributed by atoms with E-state index in [9.17, 15) is 4.79 Å². The van der Waals surface area contributed by atoms with Crippen LogP contribution in [0.4, 0.5) is 5.82 Å². The Morgan fingerprint density at radius 2 is 1.93 bits per heavy atom. The molecule has 4 rings (SSSR count). The van der Waals surface area contributed by atoms with E-state index in [1.807, 2.05) is 17.0 Å². The molecule has 1 aromatic carbocycles. The quantitative estimate of drug-likeness (QED) is 0.448. The number of anilines is 1. The number of ether oxygens (including phenoxy) is 2. The van der Waals surface area contributed by atoms with Gasteiger partial charge in [0.05, 0.1) is 31.2 Å². The first kappa shape index (κ1) is 19.3. The van der Waals surface area contributed by atoms with Crippen LogP contribution in [-0.4, -0.2) is 57.4 Å². The Kier molecular flexibility index (Phi) is 5.79. The lowest BCUT2D eigenvalue weighted by atomic mass is 10.1. The molecule has 9 nitrogen and oxygen atoms in total. The Morgan fingerprint density at radius 1 is 1.13 bits per heavy atom. The molecule has 0 amide bonds. The summed E-state index contributed by atoms with van der Waals surface area (Å²) < 4.78 is 10.8. The number of hydrogen-bond acceptors (Lipinski definition) is 9. The largest absolute Gasteiger partial charge is 0.497 e. The first-order chi connectivity index (χ1) is 14.7. The maximum absolute atomic E-state index is 10.4. The average molecular weight is 404 g/mol. The molecule has 152 valence electrons. The highest BCUT2D eigenvalue weighted by Gasteiger charge is 2.24. The van der Waals surface area contributed by atoms with E-state index in [4.69, 9.17) is 9.47 Å². The van der Waals surface area contributed by atoms with Crippen molar-refractivity contribution < 1.29 is 14.3 Å². The third kappa shape index (κ3) is 4.69. The lowest BCUT2D eigenvalue weighted by molar-refractivity contribution is -0.104. The fourth-order valence-electron chi connectivity index (χ4n) is 2.94. The molecule has 1 aliphatic rings. The maximum atomic E-state index is 10.4. The molecule has 2 aromatic heterocycles. The highest BCUT2D eigenvalue weighted by Crippen LogP contribution is 2.24. The number of carbonyl (C=O) groups excluding carboxylic acids is 1. The highest BCUT2D eigenvalue weighted by atomic mass is 16.5. The standard InChI is InChI=1S/C21H20N6O3/c1-29-17-4-2-5-18(8-17)30-21-23-9-15(10-24-21)19-11-22-12-20(26-19)25-16-13-27(14-16)6-3-7-28/h2-12,16H,13-14H2,1H3,(H,25,26). The van der Waals surface area contributed by atoms with Gasteiger partial charge < -0.3 is 19.7 Å². The summed E-state index contributed by atoms with van der Waals surface area (Å²) in [6, 6.07) is 7.70.